The predicted octanol–water partition coefficient (Wildman–Crippen LogP) is 0.184. The van der Waals surface area contributed by atoms with Crippen LogP contribution in [0.3, 0.4) is 0 Å². The molecule has 0 fully saturated rings. The Morgan fingerprint density at radius 2 is 2.31 bits per heavy atom. The van der Waals surface area contributed by atoms with Crippen LogP contribution in [0.5, 0.6) is 0 Å². The van der Waals surface area contributed by atoms with Crippen molar-refractivity contribution in [2.24, 2.45) is 0 Å². The molecule has 0 atom stereocenters. The van der Waals surface area contributed by atoms with Crippen LogP contribution in [0.4, 0.5) is 5.82 Å². The van der Waals surface area contributed by atoms with Crippen molar-refractivity contribution in [1.29, 1.82) is 0 Å². The molecule has 0 aliphatic heterocycles. The molecular weight excluding hydrogens is 204 g/mol. The normalized spacial score (nSPS) is 10.8. The van der Waals surface area contributed by atoms with Gasteiger partial charge in [-0.3, -0.25) is 0 Å². The van der Waals surface area contributed by atoms with Gasteiger partial charge < -0.3 is 15.6 Å². The molecule has 0 aliphatic rings. The lowest BCUT2D eigenvalue weighted by molar-refractivity contribution is 0.746. The highest BCUT2D eigenvalue weighted by Gasteiger charge is 2.07. The lowest BCUT2D eigenvalue weighted by Crippen LogP contribution is -2.13. The lowest BCUT2D eigenvalue weighted by atomic mass is 10.3. The molecule has 0 bridgehead atoms. The maximum Gasteiger partial charge on any atom is 0.165 e. The quantitative estimate of drug-likeness (QED) is 0.716. The summed E-state index contributed by atoms with van der Waals surface area (Å²) in [6, 6.07) is 0. The summed E-state index contributed by atoms with van der Waals surface area (Å²) in [5.74, 6) is 0.406. The van der Waals surface area contributed by atoms with E-state index in [-0.39, 0.29) is 0 Å². The largest absolute Gasteiger partial charge is 0.382 e. The Kier molecular flexibility index (Phi) is 2.82. The molecule has 0 aliphatic carbocycles. The summed E-state index contributed by atoms with van der Waals surface area (Å²) in [4.78, 5) is 12.2. The van der Waals surface area contributed by atoms with E-state index in [1.807, 2.05) is 11.6 Å². The van der Waals surface area contributed by atoms with Crippen molar-refractivity contribution < 1.29 is 0 Å². The summed E-state index contributed by atoms with van der Waals surface area (Å²) in [7, 11) is 1.89. The van der Waals surface area contributed by atoms with E-state index in [0.29, 0.717) is 17.9 Å². The zero-order valence-corrected chi connectivity index (χ0v) is 9.14. The minimum absolute atomic E-state index is 0.406. The standard InChI is InChI=1S/C10H14N6/c1-7(3-12-2)4-16-6-15-8-9(11)13-5-14-10(8)16/h5-6,12H,1,3-4H2,2H3,(H2,11,13,14). The maximum absolute atomic E-state index is 5.70. The number of hydrogen-bond donors (Lipinski definition) is 2. The maximum atomic E-state index is 5.70. The Bertz CT molecular complexity index is 515. The van der Waals surface area contributed by atoms with E-state index in [1.54, 1.807) is 6.33 Å². The van der Waals surface area contributed by atoms with Crippen LogP contribution in [0.15, 0.2) is 24.8 Å². The molecule has 6 heteroatoms. The van der Waals surface area contributed by atoms with Crippen LogP contribution in [0.2, 0.25) is 0 Å². The van der Waals surface area contributed by atoms with Gasteiger partial charge in [0.15, 0.2) is 11.5 Å². The number of hydrogen-bond acceptors (Lipinski definition) is 5. The van der Waals surface area contributed by atoms with Gasteiger partial charge in [0.05, 0.1) is 6.33 Å². The molecule has 0 radical (unpaired) electrons. The van der Waals surface area contributed by atoms with Crippen molar-refractivity contribution in [1.82, 2.24) is 24.8 Å². The second kappa shape index (κ2) is 4.28. The first kappa shape index (κ1) is 10.6. The first-order valence-electron chi connectivity index (χ1n) is 4.95. The third-order valence-electron chi connectivity index (χ3n) is 2.25. The molecular formula is C10H14N6. The number of imidazole rings is 1. The third kappa shape index (κ3) is 1.87. The van der Waals surface area contributed by atoms with Gasteiger partial charge in [-0.25, -0.2) is 15.0 Å². The Labute approximate surface area is 93.2 Å². The number of nitrogens with two attached hydrogens (primary N) is 1. The van der Waals surface area contributed by atoms with E-state index < -0.39 is 0 Å². The number of nitrogens with one attached hydrogen (secondary N) is 1. The SMILES string of the molecule is C=C(CNC)Cn1cnc2c(N)ncnc21. The molecule has 84 valence electrons. The van der Waals surface area contributed by atoms with E-state index >= 15 is 0 Å². The summed E-state index contributed by atoms with van der Waals surface area (Å²) in [5.41, 5.74) is 8.13. The Morgan fingerprint density at radius 3 is 3.06 bits per heavy atom. The topological polar surface area (TPSA) is 81.7 Å². The molecule has 0 saturated heterocycles. The Balaban J connectivity index is 2.32. The number of fused-ring (bicyclic) bond motifs is 1. The summed E-state index contributed by atoms with van der Waals surface area (Å²) >= 11 is 0. The number of anilines is 1. The first-order valence-corrected chi connectivity index (χ1v) is 4.95. The molecule has 0 aromatic carbocycles. The fraction of sp³-hybridized carbons (Fsp3) is 0.300. The summed E-state index contributed by atoms with van der Waals surface area (Å²) in [6.45, 7) is 5.40. The Hall–Kier alpha value is -1.95. The van der Waals surface area contributed by atoms with Crippen molar-refractivity contribution in [2.45, 2.75) is 6.54 Å². The number of rotatable bonds is 4. The molecule has 3 N–H and O–H groups in total. The zero-order valence-electron chi connectivity index (χ0n) is 9.14. The van der Waals surface area contributed by atoms with Crippen LogP contribution in [0, 0.1) is 0 Å². The highest BCUT2D eigenvalue weighted by molar-refractivity contribution is 5.81. The van der Waals surface area contributed by atoms with Gasteiger partial charge in [0.1, 0.15) is 11.8 Å². The highest BCUT2D eigenvalue weighted by atomic mass is 15.1. The van der Waals surface area contributed by atoms with Crippen LogP contribution in [0.1, 0.15) is 0 Å². The minimum atomic E-state index is 0.406. The smallest absolute Gasteiger partial charge is 0.165 e. The van der Waals surface area contributed by atoms with E-state index in [4.69, 9.17) is 5.73 Å². The van der Waals surface area contributed by atoms with Gasteiger partial charge in [0.25, 0.3) is 0 Å². The molecule has 0 amide bonds. The Morgan fingerprint density at radius 1 is 1.50 bits per heavy atom. The van der Waals surface area contributed by atoms with Gasteiger partial charge in [0, 0.05) is 13.1 Å². The van der Waals surface area contributed by atoms with Crippen LogP contribution >= 0.6 is 0 Å². The molecule has 0 spiro atoms. The van der Waals surface area contributed by atoms with E-state index in [1.165, 1.54) is 6.33 Å². The molecule has 2 aromatic rings. The molecule has 2 rings (SSSR count). The molecule has 0 saturated carbocycles. The van der Waals surface area contributed by atoms with Crippen molar-refractivity contribution >= 4 is 17.0 Å². The van der Waals surface area contributed by atoms with Gasteiger partial charge >= 0.3 is 0 Å². The van der Waals surface area contributed by atoms with E-state index in [9.17, 15) is 0 Å². The average Bonchev–Trinajstić information content (AvgIpc) is 2.64. The second-order valence-corrected chi connectivity index (χ2v) is 3.58. The number of nitrogens with zero attached hydrogens (tertiary/aromatic N) is 4. The zero-order chi connectivity index (χ0) is 11.5. The monoisotopic (exact) mass is 218 g/mol. The number of nitrogen functional groups attached to an aromatic ring is 1. The molecule has 0 unspecified atom stereocenters. The third-order valence-corrected chi connectivity index (χ3v) is 2.25. The number of likely N-dealkylation sites (N-methyl/N-ethyl adjacent to an activating group) is 1. The predicted molar refractivity (Wildman–Crippen MR) is 62.8 cm³/mol. The first-order chi connectivity index (χ1) is 7.72. The van der Waals surface area contributed by atoms with Gasteiger partial charge in [-0.1, -0.05) is 6.58 Å². The molecule has 2 aromatic heterocycles. The summed E-state index contributed by atoms with van der Waals surface area (Å²) in [5, 5.41) is 3.05. The van der Waals surface area contributed by atoms with E-state index in [2.05, 4.69) is 26.8 Å². The fourth-order valence-electron chi connectivity index (χ4n) is 1.56. The van der Waals surface area contributed by atoms with Crippen LogP contribution < -0.4 is 11.1 Å². The molecule has 6 nitrogen and oxygen atoms in total. The van der Waals surface area contributed by atoms with Crippen molar-refractivity contribution in [3.05, 3.63) is 24.8 Å². The molecule has 16 heavy (non-hydrogen) atoms. The van der Waals surface area contributed by atoms with Crippen LogP contribution in [-0.4, -0.2) is 33.1 Å². The number of aromatic nitrogens is 4. The molecule has 2 heterocycles. The van der Waals surface area contributed by atoms with E-state index in [0.717, 1.165) is 17.8 Å². The van der Waals surface area contributed by atoms with Crippen molar-refractivity contribution in [3.8, 4) is 0 Å². The van der Waals surface area contributed by atoms with Crippen molar-refractivity contribution in [3.63, 3.8) is 0 Å². The fourth-order valence-corrected chi connectivity index (χ4v) is 1.56. The van der Waals surface area contributed by atoms with Gasteiger partial charge in [0.2, 0.25) is 0 Å². The second-order valence-electron chi connectivity index (χ2n) is 3.58. The van der Waals surface area contributed by atoms with Gasteiger partial charge in [-0.05, 0) is 12.6 Å². The van der Waals surface area contributed by atoms with Crippen molar-refractivity contribution in [2.75, 3.05) is 19.3 Å². The summed E-state index contributed by atoms with van der Waals surface area (Å²) < 4.78 is 1.91. The minimum Gasteiger partial charge on any atom is -0.382 e. The average molecular weight is 218 g/mol. The van der Waals surface area contributed by atoms with Crippen LogP contribution in [-0.2, 0) is 6.54 Å². The highest BCUT2D eigenvalue weighted by Crippen LogP contribution is 2.14. The van der Waals surface area contributed by atoms with Gasteiger partial charge in [-0.15, -0.1) is 0 Å². The summed E-state index contributed by atoms with van der Waals surface area (Å²) in [6.07, 6.45) is 3.15. The van der Waals surface area contributed by atoms with Crippen LogP contribution in [0.25, 0.3) is 11.2 Å². The lowest BCUT2D eigenvalue weighted by Gasteiger charge is -2.06. The van der Waals surface area contributed by atoms with Gasteiger partial charge in [-0.2, -0.15) is 0 Å².